The van der Waals surface area contributed by atoms with Gasteiger partial charge in [0, 0.05) is 44.4 Å². The molecule has 1 unspecified atom stereocenters. The van der Waals surface area contributed by atoms with Gasteiger partial charge in [0.25, 0.3) is 0 Å². The first-order valence-electron chi connectivity index (χ1n) is 10.4. The van der Waals surface area contributed by atoms with Crippen LogP contribution < -0.4 is 10.6 Å². The van der Waals surface area contributed by atoms with Crippen LogP contribution in [0, 0.1) is 0 Å². The highest BCUT2D eigenvalue weighted by Gasteiger charge is 2.23. The number of carbonyl (C=O) groups excluding carboxylic acids is 1. The monoisotopic (exact) mass is 445 g/mol. The van der Waals surface area contributed by atoms with Crippen LogP contribution in [0.5, 0.6) is 0 Å². The number of rotatable bonds is 6. The van der Waals surface area contributed by atoms with Crippen molar-refractivity contribution in [3.63, 3.8) is 0 Å². The maximum atomic E-state index is 11.6. The first-order chi connectivity index (χ1) is 15.6. The van der Waals surface area contributed by atoms with Gasteiger partial charge in [0.2, 0.25) is 5.91 Å². The Morgan fingerprint density at radius 3 is 2.88 bits per heavy atom. The minimum Gasteiger partial charge on any atom is -0.371 e. The molecule has 2 aromatic heterocycles. The topological polar surface area (TPSA) is 86.3 Å². The number of fused-ring (bicyclic) bond motifs is 1. The van der Waals surface area contributed by atoms with Crippen LogP contribution in [-0.2, 0) is 17.7 Å². The van der Waals surface area contributed by atoms with Crippen LogP contribution in [-0.4, -0.2) is 34.3 Å². The van der Waals surface area contributed by atoms with E-state index in [1.54, 1.807) is 30.7 Å². The van der Waals surface area contributed by atoms with E-state index in [0.29, 0.717) is 12.1 Å². The summed E-state index contributed by atoms with van der Waals surface area (Å²) in [7, 11) is 1.72. The summed E-state index contributed by atoms with van der Waals surface area (Å²) in [6, 6.07) is 15.8. The summed E-state index contributed by atoms with van der Waals surface area (Å²) in [4.78, 5) is 19.5. The lowest BCUT2D eigenvalue weighted by Crippen LogP contribution is -2.30. The molecule has 0 spiro atoms. The molecule has 0 saturated heterocycles. The average Bonchev–Trinajstić information content (AvgIpc) is 3.52. The van der Waals surface area contributed by atoms with Crippen molar-refractivity contribution in [1.82, 2.24) is 14.8 Å². The largest absolute Gasteiger partial charge is 0.371 e. The highest BCUT2D eigenvalue weighted by atomic mass is 32.1. The lowest BCUT2D eigenvalue weighted by molar-refractivity contribution is 0.1000. The minimum absolute atomic E-state index is 0.213. The molecule has 1 atom stereocenters. The van der Waals surface area contributed by atoms with E-state index in [-0.39, 0.29) is 6.10 Å². The molecular formula is C24H23N5O2S. The normalized spacial score (nSPS) is 14.2. The smallest absolute Gasteiger partial charge is 0.248 e. The maximum Gasteiger partial charge on any atom is 0.248 e. The number of aromatic nitrogens is 3. The van der Waals surface area contributed by atoms with Crippen molar-refractivity contribution in [2.45, 2.75) is 19.1 Å². The molecule has 1 aliphatic heterocycles. The molecule has 0 aliphatic carbocycles. The molecule has 7 nitrogen and oxygen atoms in total. The Bertz CT molecular complexity index is 1250. The Labute approximate surface area is 190 Å². The predicted octanol–water partition coefficient (Wildman–Crippen LogP) is 3.73. The second-order valence-electron chi connectivity index (χ2n) is 7.73. The van der Waals surface area contributed by atoms with Gasteiger partial charge in [-0.25, -0.2) is 9.67 Å². The molecular weight excluding hydrogens is 422 g/mol. The summed E-state index contributed by atoms with van der Waals surface area (Å²) in [5.41, 5.74) is 10.4. The van der Waals surface area contributed by atoms with Crippen molar-refractivity contribution in [2.75, 3.05) is 18.6 Å². The molecule has 32 heavy (non-hydrogen) atoms. The number of carbonyl (C=O) groups is 1. The molecule has 0 radical (unpaired) electrons. The first kappa shape index (κ1) is 20.4. The summed E-state index contributed by atoms with van der Waals surface area (Å²) in [5, 5.41) is 5.26. The van der Waals surface area contributed by atoms with Gasteiger partial charge in [0.1, 0.15) is 6.10 Å². The SMILES string of the molecule is COC(c1cccc(-n2cccn2)c1)c1cnc(N2CCc3ccc(C(N)=O)cc3C2)s1. The summed E-state index contributed by atoms with van der Waals surface area (Å²) < 4.78 is 7.70. The number of benzene rings is 2. The second-order valence-corrected chi connectivity index (χ2v) is 8.77. The van der Waals surface area contributed by atoms with Crippen LogP contribution in [0.15, 0.2) is 67.1 Å². The third-order valence-electron chi connectivity index (χ3n) is 5.72. The van der Waals surface area contributed by atoms with Gasteiger partial charge in [-0.1, -0.05) is 29.5 Å². The van der Waals surface area contributed by atoms with Crippen molar-refractivity contribution in [3.8, 4) is 5.69 Å². The van der Waals surface area contributed by atoms with Crippen molar-refractivity contribution >= 4 is 22.4 Å². The van der Waals surface area contributed by atoms with E-state index in [9.17, 15) is 4.79 Å². The standard InChI is InChI=1S/C24H23N5O2S/c1-31-22(17-4-2-5-20(13-17)29-10-3-9-27-29)21-14-26-24(32-21)28-11-8-16-6-7-18(23(25)30)12-19(16)15-28/h2-7,9-10,12-14,22H,8,11,15H2,1H3,(H2,25,30). The first-order valence-corrected chi connectivity index (χ1v) is 11.2. The Balaban J connectivity index is 1.39. The van der Waals surface area contributed by atoms with Crippen LogP contribution in [0.2, 0.25) is 0 Å². The number of nitrogens with two attached hydrogens (primary N) is 1. The van der Waals surface area contributed by atoms with Crippen molar-refractivity contribution in [3.05, 3.63) is 94.3 Å². The average molecular weight is 446 g/mol. The van der Waals surface area contributed by atoms with E-state index in [1.165, 1.54) is 5.56 Å². The van der Waals surface area contributed by atoms with Gasteiger partial charge in [-0.15, -0.1) is 0 Å². The molecule has 5 rings (SSSR count). The molecule has 2 N–H and O–H groups in total. The zero-order valence-electron chi connectivity index (χ0n) is 17.6. The van der Waals surface area contributed by atoms with Gasteiger partial charge in [-0.2, -0.15) is 5.10 Å². The molecule has 0 saturated carbocycles. The predicted molar refractivity (Wildman–Crippen MR) is 124 cm³/mol. The van der Waals surface area contributed by atoms with E-state index in [4.69, 9.17) is 15.5 Å². The number of thiazole rings is 1. The molecule has 0 fully saturated rings. The quantitative estimate of drug-likeness (QED) is 0.489. The third kappa shape index (κ3) is 3.90. The summed E-state index contributed by atoms with van der Waals surface area (Å²) in [6.45, 7) is 1.58. The fourth-order valence-corrected chi connectivity index (χ4v) is 5.13. The van der Waals surface area contributed by atoms with E-state index in [1.807, 2.05) is 47.4 Å². The molecule has 4 aromatic rings. The zero-order valence-corrected chi connectivity index (χ0v) is 18.5. The molecule has 2 aromatic carbocycles. The highest BCUT2D eigenvalue weighted by molar-refractivity contribution is 7.15. The Hall–Kier alpha value is -3.49. The van der Waals surface area contributed by atoms with E-state index in [2.05, 4.69) is 22.1 Å². The van der Waals surface area contributed by atoms with Crippen LogP contribution in [0.3, 0.4) is 0 Å². The number of nitrogens with zero attached hydrogens (tertiary/aromatic N) is 4. The Kier molecular flexibility index (Phi) is 5.46. The van der Waals surface area contributed by atoms with Gasteiger partial charge in [0.15, 0.2) is 5.13 Å². The van der Waals surface area contributed by atoms with Crippen LogP contribution in [0.25, 0.3) is 5.69 Å². The number of primary amides is 1. The van der Waals surface area contributed by atoms with Gasteiger partial charge in [-0.3, -0.25) is 4.79 Å². The highest BCUT2D eigenvalue weighted by Crippen LogP contribution is 2.35. The van der Waals surface area contributed by atoms with Gasteiger partial charge in [-0.05, 0) is 53.4 Å². The molecule has 0 bridgehead atoms. The number of hydrogen-bond acceptors (Lipinski definition) is 6. The minimum atomic E-state index is -0.401. The van der Waals surface area contributed by atoms with Gasteiger partial charge in [0.05, 0.1) is 10.6 Å². The molecule has 3 heterocycles. The summed E-state index contributed by atoms with van der Waals surface area (Å²) >= 11 is 1.63. The van der Waals surface area contributed by atoms with Crippen molar-refractivity contribution in [2.24, 2.45) is 5.73 Å². The van der Waals surface area contributed by atoms with Crippen LogP contribution in [0.4, 0.5) is 5.13 Å². The molecule has 8 heteroatoms. The van der Waals surface area contributed by atoms with E-state index in [0.717, 1.165) is 39.8 Å². The van der Waals surface area contributed by atoms with Gasteiger partial charge < -0.3 is 15.4 Å². The van der Waals surface area contributed by atoms with Crippen LogP contribution in [0.1, 0.15) is 38.0 Å². The number of methoxy groups -OCH3 is 1. The van der Waals surface area contributed by atoms with E-state index < -0.39 is 5.91 Å². The number of ether oxygens (including phenoxy) is 1. The number of amides is 1. The molecule has 1 aliphatic rings. The van der Waals surface area contributed by atoms with Gasteiger partial charge >= 0.3 is 0 Å². The second kappa shape index (κ2) is 8.57. The Morgan fingerprint density at radius 1 is 1.19 bits per heavy atom. The third-order valence-corrected chi connectivity index (χ3v) is 6.82. The van der Waals surface area contributed by atoms with E-state index >= 15 is 0 Å². The van der Waals surface area contributed by atoms with Crippen LogP contribution >= 0.6 is 11.3 Å². The number of anilines is 1. The molecule has 1 amide bonds. The fourth-order valence-electron chi connectivity index (χ4n) is 4.09. The van der Waals surface area contributed by atoms with Crippen molar-refractivity contribution < 1.29 is 9.53 Å². The fraction of sp³-hybridized carbons (Fsp3) is 0.208. The number of hydrogen-bond donors (Lipinski definition) is 1. The lowest BCUT2D eigenvalue weighted by Gasteiger charge is -2.28. The molecule has 162 valence electrons. The zero-order chi connectivity index (χ0) is 22.1. The summed E-state index contributed by atoms with van der Waals surface area (Å²) in [5.74, 6) is -0.401. The maximum absolute atomic E-state index is 11.6. The van der Waals surface area contributed by atoms with Crippen molar-refractivity contribution in [1.29, 1.82) is 0 Å². The Morgan fingerprint density at radius 2 is 2.09 bits per heavy atom. The summed E-state index contributed by atoms with van der Waals surface area (Å²) in [6.07, 6.45) is 6.27. The lowest BCUT2D eigenvalue weighted by atomic mass is 9.97.